The van der Waals surface area contributed by atoms with Gasteiger partial charge < -0.3 is 9.84 Å². The van der Waals surface area contributed by atoms with Crippen LogP contribution in [0.4, 0.5) is 0 Å². The molecule has 0 radical (unpaired) electrons. The molecular weight excluding hydrogens is 306 g/mol. The molecule has 4 nitrogen and oxygen atoms in total. The molecule has 1 aromatic carbocycles. The van der Waals surface area contributed by atoms with Crippen LogP contribution in [0.3, 0.4) is 0 Å². The number of rotatable bonds is 3. The quantitative estimate of drug-likeness (QED) is 0.684. The van der Waals surface area contributed by atoms with Crippen LogP contribution in [-0.4, -0.2) is 40.0 Å². The van der Waals surface area contributed by atoms with Crippen molar-refractivity contribution in [3.05, 3.63) is 46.4 Å². The largest absolute Gasteiger partial charge is 0.488 e. The summed E-state index contributed by atoms with van der Waals surface area (Å²) in [7, 11) is 0. The molecule has 2 aliphatic heterocycles. The molecule has 2 heterocycles. The van der Waals surface area contributed by atoms with Crippen LogP contribution in [0.1, 0.15) is 5.56 Å². The summed E-state index contributed by atoms with van der Waals surface area (Å²) in [5.41, 5.74) is 1.93. The number of para-hydroxylation sites is 1. The van der Waals surface area contributed by atoms with Gasteiger partial charge in [0.2, 0.25) is 0 Å². The van der Waals surface area contributed by atoms with Crippen molar-refractivity contribution in [2.45, 2.75) is 0 Å². The molecule has 0 aliphatic carbocycles. The molecule has 0 bridgehead atoms. The molecule has 0 saturated carbocycles. The fraction of sp³-hybridized carbons (Fsp3) is 0.200. The number of carbonyl (C=O) groups is 1. The number of hydrogen-bond acceptors (Lipinski definition) is 5. The zero-order chi connectivity index (χ0) is 14.8. The van der Waals surface area contributed by atoms with E-state index in [1.54, 1.807) is 0 Å². The van der Waals surface area contributed by atoms with Crippen molar-refractivity contribution in [2.75, 3.05) is 19.8 Å². The smallest absolute Gasteiger partial charge is 0.266 e. The normalized spacial score (nSPS) is 19.6. The van der Waals surface area contributed by atoms with Crippen LogP contribution >= 0.6 is 24.0 Å². The molecular formula is C15H13NO3S2. The molecule has 0 atom stereocenters. The Balaban J connectivity index is 1.85. The summed E-state index contributed by atoms with van der Waals surface area (Å²) < 4.78 is 6.15. The highest BCUT2D eigenvalue weighted by Gasteiger charge is 2.31. The Morgan fingerprint density at radius 2 is 2.24 bits per heavy atom. The van der Waals surface area contributed by atoms with Gasteiger partial charge in [-0.3, -0.25) is 9.69 Å². The standard InChI is InChI=1S/C15H13NO3S2/c17-6-5-16-14(18)13(21-15(16)20)8-10-7-11-3-1-2-4-12(11)19-9-10/h1-4,7-8,17H,5-6,9H2/b13-8-. The SMILES string of the molecule is O=C1/C(=C/C2=Cc3ccccc3OC2)SC(=S)N1CCO. The lowest BCUT2D eigenvalue weighted by Crippen LogP contribution is -2.30. The maximum absolute atomic E-state index is 12.2. The van der Waals surface area contributed by atoms with E-state index in [0.29, 0.717) is 15.8 Å². The van der Waals surface area contributed by atoms with Crippen LogP contribution in [-0.2, 0) is 4.79 Å². The number of β-amino-alcohol motifs (C(OH)–C–C–N with tert-alkyl or cyclic N) is 1. The van der Waals surface area contributed by atoms with Gasteiger partial charge in [-0.1, -0.05) is 42.2 Å². The van der Waals surface area contributed by atoms with Crippen molar-refractivity contribution >= 4 is 40.3 Å². The Morgan fingerprint density at radius 3 is 3.05 bits per heavy atom. The van der Waals surface area contributed by atoms with Gasteiger partial charge in [-0.25, -0.2) is 0 Å². The molecule has 1 amide bonds. The van der Waals surface area contributed by atoms with Crippen molar-refractivity contribution in [2.24, 2.45) is 0 Å². The number of hydrogen-bond donors (Lipinski definition) is 1. The second-order valence-electron chi connectivity index (χ2n) is 4.60. The van der Waals surface area contributed by atoms with Gasteiger partial charge in [0.05, 0.1) is 18.1 Å². The third-order valence-electron chi connectivity index (χ3n) is 3.17. The number of carbonyl (C=O) groups excluding carboxylic acids is 1. The molecule has 21 heavy (non-hydrogen) atoms. The fourth-order valence-electron chi connectivity index (χ4n) is 2.18. The highest BCUT2D eigenvalue weighted by molar-refractivity contribution is 8.26. The molecule has 108 valence electrons. The van der Waals surface area contributed by atoms with Crippen LogP contribution in [0, 0.1) is 0 Å². The first-order valence-electron chi connectivity index (χ1n) is 6.47. The van der Waals surface area contributed by atoms with Gasteiger partial charge in [0.1, 0.15) is 16.7 Å². The Kier molecular flexibility index (Phi) is 4.10. The number of thiocarbonyl (C=S) groups is 1. The highest BCUT2D eigenvalue weighted by Crippen LogP contribution is 2.33. The van der Waals surface area contributed by atoms with E-state index in [1.165, 1.54) is 16.7 Å². The van der Waals surface area contributed by atoms with Crippen molar-refractivity contribution in [1.82, 2.24) is 4.90 Å². The van der Waals surface area contributed by atoms with E-state index in [-0.39, 0.29) is 19.1 Å². The van der Waals surface area contributed by atoms with E-state index in [4.69, 9.17) is 22.1 Å². The third-order valence-corrected chi connectivity index (χ3v) is 4.55. The number of benzene rings is 1. The van der Waals surface area contributed by atoms with E-state index in [0.717, 1.165) is 16.9 Å². The number of amides is 1. The zero-order valence-electron chi connectivity index (χ0n) is 11.1. The third kappa shape index (κ3) is 2.88. The van der Waals surface area contributed by atoms with Crippen LogP contribution in [0.2, 0.25) is 0 Å². The van der Waals surface area contributed by atoms with Crippen molar-refractivity contribution in [3.63, 3.8) is 0 Å². The van der Waals surface area contributed by atoms with E-state index < -0.39 is 0 Å². The molecule has 0 aromatic heterocycles. The fourth-order valence-corrected chi connectivity index (χ4v) is 3.50. The number of ether oxygens (including phenoxy) is 1. The van der Waals surface area contributed by atoms with Gasteiger partial charge in [0.25, 0.3) is 5.91 Å². The molecule has 1 fully saturated rings. The summed E-state index contributed by atoms with van der Waals surface area (Å²) in [6, 6.07) is 7.77. The lowest BCUT2D eigenvalue weighted by atomic mass is 10.1. The summed E-state index contributed by atoms with van der Waals surface area (Å²) in [4.78, 5) is 14.2. The van der Waals surface area contributed by atoms with Crippen LogP contribution in [0.15, 0.2) is 40.8 Å². The summed E-state index contributed by atoms with van der Waals surface area (Å²) in [6.45, 7) is 0.570. The van der Waals surface area contributed by atoms with Gasteiger partial charge in [0.15, 0.2) is 0 Å². The predicted molar refractivity (Wildman–Crippen MR) is 87.0 cm³/mol. The molecule has 1 saturated heterocycles. The average Bonchev–Trinajstić information content (AvgIpc) is 2.75. The molecule has 3 rings (SSSR count). The minimum Gasteiger partial charge on any atom is -0.488 e. The number of thioether (sulfide) groups is 1. The highest BCUT2D eigenvalue weighted by atomic mass is 32.2. The van der Waals surface area contributed by atoms with Crippen molar-refractivity contribution in [3.8, 4) is 5.75 Å². The average molecular weight is 319 g/mol. The topological polar surface area (TPSA) is 49.8 Å². The van der Waals surface area contributed by atoms with E-state index in [2.05, 4.69) is 0 Å². The minimum atomic E-state index is -0.154. The Bertz CT molecular complexity index is 667. The number of aliphatic hydroxyl groups is 1. The second kappa shape index (κ2) is 6.01. The molecule has 0 spiro atoms. The summed E-state index contributed by atoms with van der Waals surface area (Å²) in [6.07, 6.45) is 3.82. The van der Waals surface area contributed by atoms with Gasteiger partial charge >= 0.3 is 0 Å². The van der Waals surface area contributed by atoms with Gasteiger partial charge in [-0.05, 0) is 23.8 Å². The molecule has 1 aromatic rings. The number of nitrogens with zero attached hydrogens (tertiary/aromatic N) is 1. The first kappa shape index (κ1) is 14.3. The Morgan fingerprint density at radius 1 is 1.43 bits per heavy atom. The van der Waals surface area contributed by atoms with Gasteiger partial charge in [0, 0.05) is 5.56 Å². The van der Waals surface area contributed by atoms with Crippen LogP contribution in [0.25, 0.3) is 6.08 Å². The number of aliphatic hydroxyl groups excluding tert-OH is 1. The van der Waals surface area contributed by atoms with E-state index in [9.17, 15) is 4.79 Å². The molecule has 2 aliphatic rings. The summed E-state index contributed by atoms with van der Waals surface area (Å²) in [5.74, 6) is 0.696. The van der Waals surface area contributed by atoms with Gasteiger partial charge in [-0.2, -0.15) is 0 Å². The first-order chi connectivity index (χ1) is 10.2. The maximum atomic E-state index is 12.2. The van der Waals surface area contributed by atoms with Crippen LogP contribution in [0.5, 0.6) is 5.75 Å². The summed E-state index contributed by atoms with van der Waals surface area (Å²) in [5, 5.41) is 8.97. The lowest BCUT2D eigenvalue weighted by Gasteiger charge is -2.16. The second-order valence-corrected chi connectivity index (χ2v) is 6.28. The Hall–Kier alpha value is -1.63. The molecule has 1 N–H and O–H groups in total. The molecule has 0 unspecified atom stereocenters. The predicted octanol–water partition coefficient (Wildman–Crippen LogP) is 2.20. The van der Waals surface area contributed by atoms with Crippen molar-refractivity contribution in [1.29, 1.82) is 0 Å². The first-order valence-corrected chi connectivity index (χ1v) is 7.70. The lowest BCUT2D eigenvalue weighted by molar-refractivity contribution is -0.122. The van der Waals surface area contributed by atoms with Crippen molar-refractivity contribution < 1.29 is 14.6 Å². The van der Waals surface area contributed by atoms with E-state index in [1.807, 2.05) is 36.4 Å². The minimum absolute atomic E-state index is 0.0983. The number of fused-ring (bicyclic) bond motifs is 1. The van der Waals surface area contributed by atoms with Gasteiger partial charge in [-0.15, -0.1) is 0 Å². The Labute approximate surface area is 132 Å². The summed E-state index contributed by atoms with van der Waals surface area (Å²) >= 11 is 6.41. The van der Waals surface area contributed by atoms with Crippen LogP contribution < -0.4 is 4.74 Å². The maximum Gasteiger partial charge on any atom is 0.266 e. The van der Waals surface area contributed by atoms with E-state index >= 15 is 0 Å². The zero-order valence-corrected chi connectivity index (χ0v) is 12.7. The monoisotopic (exact) mass is 319 g/mol. The molecule has 6 heteroatoms.